The summed E-state index contributed by atoms with van der Waals surface area (Å²) in [6.45, 7) is 0. The number of hydrazone groups is 1. The Morgan fingerprint density at radius 3 is 2.46 bits per heavy atom. The van der Waals surface area contributed by atoms with Crippen LogP contribution in [0.3, 0.4) is 0 Å². The summed E-state index contributed by atoms with van der Waals surface area (Å²) in [6.07, 6.45) is 0.659. The van der Waals surface area contributed by atoms with E-state index in [1.807, 2.05) is 0 Å². The average molecular weight is 336 g/mol. The van der Waals surface area contributed by atoms with E-state index in [0.29, 0.717) is 17.5 Å². The monoisotopic (exact) mass is 336 g/mol. The van der Waals surface area contributed by atoms with Crippen LogP contribution in [0.25, 0.3) is 0 Å². The van der Waals surface area contributed by atoms with Crippen LogP contribution in [-0.4, -0.2) is 30.3 Å². The molecule has 2 rings (SSSR count). The maximum Gasteiger partial charge on any atom is 0.344 e. The Hall–Kier alpha value is -3.16. The largest absolute Gasteiger partial charge is 0.409 e. The molecule has 0 heterocycles. The first-order chi connectivity index (χ1) is 11.4. The van der Waals surface area contributed by atoms with Crippen molar-refractivity contribution in [2.45, 2.75) is 0 Å². The number of halogens is 3. The summed E-state index contributed by atoms with van der Waals surface area (Å²) in [5.41, 5.74) is -0.437. The zero-order chi connectivity index (χ0) is 17.7. The van der Waals surface area contributed by atoms with Crippen LogP contribution in [0.15, 0.2) is 47.6 Å². The van der Waals surface area contributed by atoms with Crippen LogP contribution in [0.1, 0.15) is 20.7 Å². The minimum atomic E-state index is -1.04. The number of nitrogens with zero attached hydrogens (tertiary/aromatic N) is 2. The highest BCUT2D eigenvalue weighted by Crippen LogP contribution is 2.12. The highest BCUT2D eigenvalue weighted by atomic mass is 19.1. The fourth-order valence-electron chi connectivity index (χ4n) is 1.72. The molecule has 0 spiro atoms. The lowest BCUT2D eigenvalue weighted by molar-refractivity contribution is 0.0706. The minimum absolute atomic E-state index is 0.0417. The molecule has 124 valence electrons. The van der Waals surface area contributed by atoms with Crippen LogP contribution >= 0.6 is 0 Å². The Morgan fingerprint density at radius 1 is 1.08 bits per heavy atom. The van der Waals surface area contributed by atoms with Gasteiger partial charge in [-0.05, 0) is 30.3 Å². The number of benzene rings is 2. The van der Waals surface area contributed by atoms with E-state index in [1.165, 1.54) is 19.2 Å². The molecule has 0 N–H and O–H groups in total. The predicted octanol–water partition coefficient (Wildman–Crippen LogP) is 2.98. The third-order valence-corrected chi connectivity index (χ3v) is 2.90. The molecule has 0 fully saturated rings. The summed E-state index contributed by atoms with van der Waals surface area (Å²) < 4.78 is 44.0. The Kier molecular flexibility index (Phi) is 5.31. The lowest BCUT2D eigenvalue weighted by Gasteiger charge is -2.11. The highest BCUT2D eigenvalue weighted by Gasteiger charge is 2.16. The van der Waals surface area contributed by atoms with E-state index in [1.54, 1.807) is 0 Å². The molecule has 5 nitrogen and oxygen atoms in total. The fourth-order valence-corrected chi connectivity index (χ4v) is 1.72. The number of carbonyl (C=O) groups excluding carboxylic acids is 2. The smallest absolute Gasteiger partial charge is 0.344 e. The van der Waals surface area contributed by atoms with Gasteiger partial charge in [-0.2, -0.15) is 0 Å². The second-order valence-corrected chi connectivity index (χ2v) is 4.59. The van der Waals surface area contributed by atoms with Gasteiger partial charge in [-0.1, -0.05) is 6.07 Å². The van der Waals surface area contributed by atoms with Crippen molar-refractivity contribution in [3.05, 3.63) is 71.0 Å². The van der Waals surface area contributed by atoms with Crippen LogP contribution in [0.2, 0.25) is 0 Å². The summed E-state index contributed by atoms with van der Waals surface area (Å²) in [6, 6.07) is 7.26. The first-order valence-corrected chi connectivity index (χ1v) is 6.60. The predicted molar refractivity (Wildman–Crippen MR) is 78.8 cm³/mol. The number of esters is 1. The van der Waals surface area contributed by atoms with Gasteiger partial charge in [-0.25, -0.2) is 23.0 Å². The van der Waals surface area contributed by atoms with E-state index in [0.717, 1.165) is 24.3 Å². The summed E-state index contributed by atoms with van der Waals surface area (Å²) >= 11 is 0. The van der Waals surface area contributed by atoms with Gasteiger partial charge in [0.2, 0.25) is 6.40 Å². The van der Waals surface area contributed by atoms with E-state index in [9.17, 15) is 22.8 Å². The van der Waals surface area contributed by atoms with Crippen molar-refractivity contribution in [1.82, 2.24) is 5.01 Å². The lowest BCUT2D eigenvalue weighted by atomic mass is 10.2. The van der Waals surface area contributed by atoms with Gasteiger partial charge in [-0.15, -0.1) is 5.10 Å². The summed E-state index contributed by atoms with van der Waals surface area (Å²) in [4.78, 5) is 23.6. The molecular weight excluding hydrogens is 325 g/mol. The van der Waals surface area contributed by atoms with Crippen molar-refractivity contribution in [3.63, 3.8) is 0 Å². The third kappa shape index (κ3) is 4.19. The van der Waals surface area contributed by atoms with Gasteiger partial charge in [0.25, 0.3) is 5.91 Å². The molecule has 0 saturated carbocycles. The Morgan fingerprint density at radius 2 is 1.79 bits per heavy atom. The first kappa shape index (κ1) is 17.2. The summed E-state index contributed by atoms with van der Waals surface area (Å²) in [7, 11) is 1.19. The van der Waals surface area contributed by atoms with E-state index in [2.05, 4.69) is 9.84 Å². The Balaban J connectivity index is 2.00. The standard InChI is InChI=1S/C16H11F3N2O3/c1-21(15(22)13-6-5-12(18)8-14(13)19)20-9-24-16(23)10-3-2-4-11(17)7-10/h2-9H,1H3. The molecule has 8 heteroatoms. The lowest BCUT2D eigenvalue weighted by Crippen LogP contribution is -2.23. The molecule has 0 aliphatic carbocycles. The second kappa shape index (κ2) is 7.40. The highest BCUT2D eigenvalue weighted by molar-refractivity contribution is 5.95. The maximum atomic E-state index is 13.5. The van der Waals surface area contributed by atoms with Gasteiger partial charge in [0, 0.05) is 13.1 Å². The first-order valence-electron chi connectivity index (χ1n) is 6.60. The van der Waals surface area contributed by atoms with E-state index < -0.39 is 34.9 Å². The van der Waals surface area contributed by atoms with Gasteiger partial charge in [0.1, 0.15) is 17.5 Å². The van der Waals surface area contributed by atoms with Crippen molar-refractivity contribution >= 4 is 18.3 Å². The van der Waals surface area contributed by atoms with Crippen LogP contribution < -0.4 is 0 Å². The number of amides is 1. The number of hydrogen-bond acceptors (Lipinski definition) is 4. The molecular formula is C16H11F3N2O3. The molecule has 0 bridgehead atoms. The van der Waals surface area contributed by atoms with Crippen molar-refractivity contribution in [2.75, 3.05) is 7.05 Å². The number of ether oxygens (including phenoxy) is 1. The van der Waals surface area contributed by atoms with E-state index in [-0.39, 0.29) is 5.56 Å². The van der Waals surface area contributed by atoms with Crippen LogP contribution in [-0.2, 0) is 4.74 Å². The molecule has 1 amide bonds. The van der Waals surface area contributed by atoms with Crippen molar-refractivity contribution in [3.8, 4) is 0 Å². The van der Waals surface area contributed by atoms with Gasteiger partial charge in [-0.3, -0.25) is 4.79 Å². The van der Waals surface area contributed by atoms with Crippen LogP contribution in [0.4, 0.5) is 13.2 Å². The van der Waals surface area contributed by atoms with Crippen LogP contribution in [0.5, 0.6) is 0 Å². The summed E-state index contributed by atoms with van der Waals surface area (Å²) in [5.74, 6) is -4.23. The zero-order valence-corrected chi connectivity index (χ0v) is 12.4. The van der Waals surface area contributed by atoms with Gasteiger partial charge in [0.05, 0.1) is 11.1 Å². The topological polar surface area (TPSA) is 59.0 Å². The quantitative estimate of drug-likeness (QED) is 0.373. The number of hydrogen-bond donors (Lipinski definition) is 0. The van der Waals surface area contributed by atoms with Crippen LogP contribution in [0, 0.1) is 17.5 Å². The second-order valence-electron chi connectivity index (χ2n) is 4.59. The van der Waals surface area contributed by atoms with Gasteiger partial charge >= 0.3 is 5.97 Å². The number of carbonyl (C=O) groups is 2. The molecule has 0 unspecified atom stereocenters. The molecule has 2 aromatic carbocycles. The van der Waals surface area contributed by atoms with E-state index in [4.69, 9.17) is 0 Å². The zero-order valence-electron chi connectivity index (χ0n) is 12.4. The average Bonchev–Trinajstić information content (AvgIpc) is 2.54. The maximum absolute atomic E-state index is 13.5. The Bertz CT molecular complexity index is 809. The molecule has 0 saturated heterocycles. The number of rotatable bonds is 4. The van der Waals surface area contributed by atoms with Crippen molar-refractivity contribution in [2.24, 2.45) is 5.10 Å². The normalized spacial score (nSPS) is 10.7. The van der Waals surface area contributed by atoms with Crippen molar-refractivity contribution < 1.29 is 27.5 Å². The van der Waals surface area contributed by atoms with E-state index >= 15 is 0 Å². The molecule has 0 aromatic heterocycles. The molecule has 0 radical (unpaired) electrons. The molecule has 2 aromatic rings. The Labute approximate surface area is 135 Å². The summed E-state index contributed by atoms with van der Waals surface area (Å²) in [5, 5.41) is 4.22. The molecule has 0 aliphatic heterocycles. The molecule has 24 heavy (non-hydrogen) atoms. The van der Waals surface area contributed by atoms with Crippen molar-refractivity contribution in [1.29, 1.82) is 0 Å². The van der Waals surface area contributed by atoms with Gasteiger partial charge < -0.3 is 4.74 Å². The fraction of sp³-hybridized carbons (Fsp3) is 0.0625. The van der Waals surface area contributed by atoms with Gasteiger partial charge in [0.15, 0.2) is 0 Å². The SMILES string of the molecule is CN(N=COC(=O)c1cccc(F)c1)C(=O)c1ccc(F)cc1F. The molecule has 0 atom stereocenters. The minimum Gasteiger partial charge on any atom is -0.409 e. The molecule has 0 aliphatic rings. The third-order valence-electron chi connectivity index (χ3n) is 2.90.